The Bertz CT molecular complexity index is 1060. The van der Waals surface area contributed by atoms with Crippen LogP contribution < -0.4 is 4.74 Å². The van der Waals surface area contributed by atoms with Crippen LogP contribution in [-0.2, 0) is 12.7 Å². The molecule has 33 heavy (non-hydrogen) atoms. The maximum absolute atomic E-state index is 13.4. The van der Waals surface area contributed by atoms with Crippen LogP contribution >= 0.6 is 0 Å². The highest BCUT2D eigenvalue weighted by molar-refractivity contribution is 5.74. The van der Waals surface area contributed by atoms with E-state index in [2.05, 4.69) is 5.10 Å². The fourth-order valence-corrected chi connectivity index (χ4v) is 3.65. The first-order valence-corrected chi connectivity index (χ1v) is 10.6. The molecule has 2 aromatic rings. The third-order valence-electron chi connectivity index (χ3n) is 5.12. The van der Waals surface area contributed by atoms with Gasteiger partial charge in [0, 0.05) is 12.1 Å². The molecule has 0 saturated heterocycles. The lowest BCUT2D eigenvalue weighted by Gasteiger charge is -2.24. The van der Waals surface area contributed by atoms with Crippen LogP contribution in [0.1, 0.15) is 56.2 Å². The fourth-order valence-electron chi connectivity index (χ4n) is 3.65. The number of fused-ring (bicyclic) bond motifs is 1. The smallest absolute Gasteiger partial charge is 0.416 e. The first-order chi connectivity index (χ1) is 15.5. The number of benzene rings is 1. The highest BCUT2D eigenvalue weighted by atomic mass is 19.4. The molecule has 1 unspecified atom stereocenters. The Labute approximate surface area is 188 Å². The van der Waals surface area contributed by atoms with Crippen LogP contribution in [-0.4, -0.2) is 16.0 Å². The number of aromatic nitrogens is 2. The van der Waals surface area contributed by atoms with Gasteiger partial charge in [-0.1, -0.05) is 31.2 Å². The van der Waals surface area contributed by atoms with Crippen molar-refractivity contribution in [3.63, 3.8) is 0 Å². The number of hydrogen-bond donors (Lipinski definition) is 0. The number of nitrogens with zero attached hydrogens (tertiary/aromatic N) is 2. The summed E-state index contributed by atoms with van der Waals surface area (Å²) in [7, 11) is 0. The molecule has 1 aliphatic heterocycles. The van der Waals surface area contributed by atoms with Crippen molar-refractivity contribution in [2.24, 2.45) is 0 Å². The van der Waals surface area contributed by atoms with E-state index in [1.807, 2.05) is 0 Å². The summed E-state index contributed by atoms with van der Waals surface area (Å²) < 4.78 is 86.8. The molecule has 2 heterocycles. The van der Waals surface area contributed by atoms with Crippen molar-refractivity contribution < 1.29 is 31.1 Å². The Morgan fingerprint density at radius 2 is 1.94 bits per heavy atom. The van der Waals surface area contributed by atoms with E-state index in [4.69, 9.17) is 4.74 Å². The molecule has 178 valence electrons. The third kappa shape index (κ3) is 6.09. The monoisotopic (exact) mass is 470 g/mol. The summed E-state index contributed by atoms with van der Waals surface area (Å²) in [6.45, 7) is 3.86. The van der Waals surface area contributed by atoms with Crippen LogP contribution in [0.4, 0.5) is 26.3 Å². The zero-order valence-corrected chi connectivity index (χ0v) is 18.2. The molecule has 0 fully saturated rings. The van der Waals surface area contributed by atoms with Gasteiger partial charge in [0.25, 0.3) is 0 Å². The highest BCUT2D eigenvalue weighted by Gasteiger charge is 2.33. The molecule has 0 spiro atoms. The van der Waals surface area contributed by atoms with E-state index < -0.39 is 29.6 Å². The highest BCUT2D eigenvalue weighted by Crippen LogP contribution is 2.36. The number of hydrogen-bond acceptors (Lipinski definition) is 2. The minimum Gasteiger partial charge on any atom is -0.484 e. The standard InChI is InChI=1S/C24H24F6N2O/c1-3-7-16(13-17(8-4-2)23(25,26)27)20-15-21-22(11-6-12-32(21)31-20)33-19-10-5-9-18(14-19)24(28,29)30/h3,5,7-10,13-15,22H,4,6,11-12H2,1-2H3/b7-3-,16-13+,17-8-. The number of aryl methyl sites for hydroxylation is 1. The Kier molecular flexibility index (Phi) is 7.39. The van der Waals surface area contributed by atoms with Crippen molar-refractivity contribution in [1.82, 2.24) is 9.78 Å². The maximum atomic E-state index is 13.4. The SMILES string of the molecule is C\C=C/C(=C\C(=C\CC)C(F)(F)F)c1cc2n(n1)CCCC2Oc1cccc(C(F)(F)F)c1. The quantitative estimate of drug-likeness (QED) is 0.320. The fraction of sp³-hybridized carbons (Fsp3) is 0.375. The molecule has 1 aliphatic rings. The van der Waals surface area contributed by atoms with Gasteiger partial charge >= 0.3 is 12.4 Å². The second kappa shape index (κ2) is 9.89. The largest absolute Gasteiger partial charge is 0.484 e. The summed E-state index contributed by atoms with van der Waals surface area (Å²) in [6, 6.07) is 6.26. The summed E-state index contributed by atoms with van der Waals surface area (Å²) >= 11 is 0. The predicted molar refractivity (Wildman–Crippen MR) is 113 cm³/mol. The first-order valence-electron chi connectivity index (χ1n) is 10.6. The van der Waals surface area contributed by atoms with Crippen LogP contribution in [0.15, 0.2) is 60.2 Å². The van der Waals surface area contributed by atoms with Gasteiger partial charge in [-0.25, -0.2) is 0 Å². The molecular weight excluding hydrogens is 446 g/mol. The van der Waals surface area contributed by atoms with Gasteiger partial charge in [-0.05, 0) is 56.5 Å². The second-order valence-electron chi connectivity index (χ2n) is 7.62. The summed E-state index contributed by atoms with van der Waals surface area (Å²) in [6.07, 6.45) is -2.78. The molecule has 0 amide bonds. The third-order valence-corrected chi connectivity index (χ3v) is 5.12. The van der Waals surface area contributed by atoms with Gasteiger partial charge in [0.1, 0.15) is 11.9 Å². The van der Waals surface area contributed by atoms with E-state index in [0.29, 0.717) is 30.8 Å². The Morgan fingerprint density at radius 1 is 1.18 bits per heavy atom. The second-order valence-corrected chi connectivity index (χ2v) is 7.62. The lowest BCUT2D eigenvalue weighted by Crippen LogP contribution is -2.20. The van der Waals surface area contributed by atoms with Gasteiger partial charge in [0.05, 0.1) is 22.5 Å². The van der Waals surface area contributed by atoms with E-state index >= 15 is 0 Å². The van der Waals surface area contributed by atoms with Gasteiger partial charge in [0.2, 0.25) is 0 Å². The van der Waals surface area contributed by atoms with Crippen molar-refractivity contribution in [3.05, 3.63) is 77.2 Å². The molecule has 1 aromatic carbocycles. The summed E-state index contributed by atoms with van der Waals surface area (Å²) in [4.78, 5) is 0. The molecule has 0 N–H and O–H groups in total. The van der Waals surface area contributed by atoms with E-state index in [1.165, 1.54) is 12.1 Å². The molecule has 0 saturated carbocycles. The Hall–Kier alpha value is -2.97. The van der Waals surface area contributed by atoms with E-state index in [1.54, 1.807) is 36.7 Å². The maximum Gasteiger partial charge on any atom is 0.416 e. The number of allylic oxidation sites excluding steroid dienone is 6. The molecule has 3 rings (SSSR count). The summed E-state index contributed by atoms with van der Waals surface area (Å²) in [5.74, 6) is 0.0699. The normalized spacial score (nSPS) is 18.0. The molecule has 0 radical (unpaired) electrons. The molecule has 1 atom stereocenters. The van der Waals surface area contributed by atoms with Gasteiger partial charge < -0.3 is 4.74 Å². The van der Waals surface area contributed by atoms with Crippen molar-refractivity contribution in [3.8, 4) is 5.75 Å². The Morgan fingerprint density at radius 3 is 2.58 bits per heavy atom. The minimum atomic E-state index is -4.50. The van der Waals surface area contributed by atoms with Gasteiger partial charge in [0.15, 0.2) is 0 Å². The van der Waals surface area contributed by atoms with Crippen molar-refractivity contribution in [1.29, 1.82) is 0 Å². The topological polar surface area (TPSA) is 27.1 Å². The zero-order chi connectivity index (χ0) is 24.2. The lowest BCUT2D eigenvalue weighted by molar-refractivity contribution is -0.137. The van der Waals surface area contributed by atoms with Gasteiger partial charge in [-0.2, -0.15) is 31.4 Å². The van der Waals surface area contributed by atoms with Gasteiger partial charge in [-0.15, -0.1) is 0 Å². The molecule has 3 nitrogen and oxygen atoms in total. The van der Waals surface area contributed by atoms with E-state index in [0.717, 1.165) is 24.3 Å². The van der Waals surface area contributed by atoms with Crippen LogP contribution in [0.25, 0.3) is 5.57 Å². The van der Waals surface area contributed by atoms with Crippen molar-refractivity contribution >= 4 is 5.57 Å². The van der Waals surface area contributed by atoms with E-state index in [-0.39, 0.29) is 17.7 Å². The van der Waals surface area contributed by atoms with Crippen LogP contribution in [0.5, 0.6) is 5.75 Å². The average molecular weight is 470 g/mol. The summed E-state index contributed by atoms with van der Waals surface area (Å²) in [5.41, 5.74) is -0.341. The lowest BCUT2D eigenvalue weighted by atomic mass is 10.0. The molecule has 9 heteroatoms. The number of rotatable bonds is 6. The molecule has 0 bridgehead atoms. The van der Waals surface area contributed by atoms with Crippen molar-refractivity contribution in [2.75, 3.05) is 0 Å². The van der Waals surface area contributed by atoms with Crippen LogP contribution in [0.3, 0.4) is 0 Å². The van der Waals surface area contributed by atoms with E-state index in [9.17, 15) is 26.3 Å². The zero-order valence-electron chi connectivity index (χ0n) is 18.2. The number of ether oxygens (including phenoxy) is 1. The first kappa shape index (κ1) is 24.7. The average Bonchev–Trinajstić information content (AvgIpc) is 3.17. The van der Waals surface area contributed by atoms with Crippen molar-refractivity contribution in [2.45, 2.75) is 58.1 Å². The summed E-state index contributed by atoms with van der Waals surface area (Å²) in [5, 5.41) is 4.46. The molecule has 0 aliphatic carbocycles. The predicted octanol–water partition coefficient (Wildman–Crippen LogP) is 7.67. The molecular formula is C24H24F6N2O. The van der Waals surface area contributed by atoms with Crippen LogP contribution in [0, 0.1) is 0 Å². The van der Waals surface area contributed by atoms with Gasteiger partial charge in [-0.3, -0.25) is 4.68 Å². The Balaban J connectivity index is 1.95. The number of alkyl halides is 6. The minimum absolute atomic E-state index is 0.0699. The number of halogens is 6. The van der Waals surface area contributed by atoms with Crippen LogP contribution in [0.2, 0.25) is 0 Å². The molecule has 1 aromatic heterocycles.